The predicted octanol–water partition coefficient (Wildman–Crippen LogP) is 4.64. The summed E-state index contributed by atoms with van der Waals surface area (Å²) in [6.07, 6.45) is 8.68. The van der Waals surface area contributed by atoms with E-state index >= 15 is 0 Å². The van der Waals surface area contributed by atoms with E-state index in [4.69, 9.17) is 4.98 Å². The molecule has 0 saturated heterocycles. The molecule has 0 N–H and O–H groups in total. The lowest BCUT2D eigenvalue weighted by atomic mass is 10.1. The van der Waals surface area contributed by atoms with Crippen molar-refractivity contribution in [3.8, 4) is 11.3 Å². The molecule has 0 bridgehead atoms. The quantitative estimate of drug-likeness (QED) is 0.594. The van der Waals surface area contributed by atoms with E-state index in [0.29, 0.717) is 0 Å². The number of hydrogen-bond donors (Lipinski definition) is 0. The Bertz CT molecular complexity index is 749. The highest BCUT2D eigenvalue weighted by Crippen LogP contribution is 2.31. The Labute approximate surface area is 123 Å². The van der Waals surface area contributed by atoms with Gasteiger partial charge in [-0.15, -0.1) is 11.3 Å². The van der Waals surface area contributed by atoms with Gasteiger partial charge in [0, 0.05) is 22.3 Å². The number of hydrogen-bond acceptors (Lipinski definition) is 2. The molecule has 2 nitrogen and oxygen atoms in total. The van der Waals surface area contributed by atoms with Gasteiger partial charge in [-0.3, -0.25) is 4.40 Å². The Balaban J connectivity index is 1.81. The molecule has 20 heavy (non-hydrogen) atoms. The molecule has 0 aliphatic heterocycles. The van der Waals surface area contributed by atoms with Crippen LogP contribution >= 0.6 is 11.3 Å². The van der Waals surface area contributed by atoms with E-state index < -0.39 is 0 Å². The average molecular weight is 282 g/mol. The lowest BCUT2D eigenvalue weighted by molar-refractivity contribution is 0.707. The number of fused-ring (bicyclic) bond motifs is 3. The molecule has 0 spiro atoms. The normalized spacial score (nSPS) is 15.2. The van der Waals surface area contributed by atoms with Crippen molar-refractivity contribution < 1.29 is 0 Å². The van der Waals surface area contributed by atoms with Gasteiger partial charge >= 0.3 is 0 Å². The van der Waals surface area contributed by atoms with Crippen LogP contribution in [0.2, 0.25) is 0 Å². The first-order valence-corrected chi connectivity index (χ1v) is 8.19. The van der Waals surface area contributed by atoms with Crippen molar-refractivity contribution in [1.29, 1.82) is 0 Å². The second-order valence-corrected chi connectivity index (χ2v) is 6.74. The van der Waals surface area contributed by atoms with E-state index in [2.05, 4.69) is 41.8 Å². The zero-order chi connectivity index (χ0) is 13.5. The molecule has 0 saturated carbocycles. The average Bonchev–Trinajstić information content (AvgIpc) is 2.90. The Kier molecular flexibility index (Phi) is 2.88. The summed E-state index contributed by atoms with van der Waals surface area (Å²) in [7, 11) is 0. The van der Waals surface area contributed by atoms with Gasteiger partial charge in [0.25, 0.3) is 0 Å². The number of aromatic nitrogens is 2. The maximum absolute atomic E-state index is 4.83. The van der Waals surface area contributed by atoms with Gasteiger partial charge in [0.05, 0.1) is 5.69 Å². The summed E-state index contributed by atoms with van der Waals surface area (Å²) in [5.41, 5.74) is 5.12. The van der Waals surface area contributed by atoms with Crippen LogP contribution in [0.5, 0.6) is 0 Å². The van der Waals surface area contributed by atoms with Crippen LogP contribution in [0.25, 0.3) is 16.2 Å². The minimum atomic E-state index is 1.10. The van der Waals surface area contributed by atoms with Crippen molar-refractivity contribution in [2.24, 2.45) is 0 Å². The molecule has 0 unspecified atom stereocenters. The molecule has 4 rings (SSSR count). The molecule has 3 aromatic rings. The highest BCUT2D eigenvalue weighted by atomic mass is 32.1. The Morgan fingerprint density at radius 3 is 2.70 bits per heavy atom. The fraction of sp³-hybridized carbons (Fsp3) is 0.353. The maximum atomic E-state index is 4.83. The molecule has 1 aliphatic carbocycles. The molecule has 0 amide bonds. The zero-order valence-electron chi connectivity index (χ0n) is 11.7. The second kappa shape index (κ2) is 4.74. The first-order chi connectivity index (χ1) is 9.81. The standard InChI is InChI=1S/C17H18N2S/c1-12-7-9-13(10-8-12)14-11-19-15-5-3-2-4-6-16(15)20-17(19)18-14/h7-11H,2-6H2,1H3. The van der Waals surface area contributed by atoms with Crippen LogP contribution in [0.3, 0.4) is 0 Å². The third-order valence-electron chi connectivity index (χ3n) is 4.17. The van der Waals surface area contributed by atoms with Gasteiger partial charge in [0.15, 0.2) is 4.96 Å². The van der Waals surface area contributed by atoms with Crippen molar-refractivity contribution in [3.05, 3.63) is 46.6 Å². The van der Waals surface area contributed by atoms with Crippen LogP contribution in [0.4, 0.5) is 0 Å². The zero-order valence-corrected chi connectivity index (χ0v) is 12.5. The molecule has 102 valence electrons. The van der Waals surface area contributed by atoms with Gasteiger partial charge in [0.2, 0.25) is 0 Å². The summed E-state index contributed by atoms with van der Waals surface area (Å²) in [5, 5.41) is 0. The van der Waals surface area contributed by atoms with E-state index in [-0.39, 0.29) is 0 Å². The molecule has 0 radical (unpaired) electrons. The number of aryl methyl sites for hydroxylation is 3. The van der Waals surface area contributed by atoms with Crippen molar-refractivity contribution in [3.63, 3.8) is 0 Å². The van der Waals surface area contributed by atoms with E-state index in [9.17, 15) is 0 Å². The maximum Gasteiger partial charge on any atom is 0.194 e. The van der Waals surface area contributed by atoms with Gasteiger partial charge in [0.1, 0.15) is 0 Å². The van der Waals surface area contributed by atoms with Crippen LogP contribution in [-0.2, 0) is 12.8 Å². The largest absolute Gasteiger partial charge is 0.294 e. The number of nitrogens with zero attached hydrogens (tertiary/aromatic N) is 2. The molecule has 3 heteroatoms. The monoisotopic (exact) mass is 282 g/mol. The minimum absolute atomic E-state index is 1.10. The number of thiazole rings is 1. The van der Waals surface area contributed by atoms with E-state index in [1.165, 1.54) is 48.9 Å². The fourth-order valence-corrected chi connectivity index (χ4v) is 4.20. The minimum Gasteiger partial charge on any atom is -0.294 e. The molecule has 0 atom stereocenters. The first-order valence-electron chi connectivity index (χ1n) is 7.38. The van der Waals surface area contributed by atoms with Crippen LogP contribution in [0, 0.1) is 6.92 Å². The Morgan fingerprint density at radius 1 is 1.05 bits per heavy atom. The summed E-state index contributed by atoms with van der Waals surface area (Å²) in [6.45, 7) is 2.12. The summed E-state index contributed by atoms with van der Waals surface area (Å²) < 4.78 is 2.33. The highest BCUT2D eigenvalue weighted by Gasteiger charge is 2.17. The van der Waals surface area contributed by atoms with Gasteiger partial charge < -0.3 is 0 Å². The van der Waals surface area contributed by atoms with Crippen molar-refractivity contribution in [2.75, 3.05) is 0 Å². The lowest BCUT2D eigenvalue weighted by Gasteiger charge is -1.99. The van der Waals surface area contributed by atoms with Crippen molar-refractivity contribution >= 4 is 16.3 Å². The summed E-state index contributed by atoms with van der Waals surface area (Å²) in [4.78, 5) is 7.55. The number of benzene rings is 1. The number of imidazole rings is 1. The van der Waals surface area contributed by atoms with E-state index in [1.54, 1.807) is 4.88 Å². The molecular weight excluding hydrogens is 264 g/mol. The molecule has 2 heterocycles. The molecule has 1 aliphatic rings. The van der Waals surface area contributed by atoms with Crippen molar-refractivity contribution in [2.45, 2.75) is 39.0 Å². The molecule has 1 aromatic carbocycles. The smallest absolute Gasteiger partial charge is 0.194 e. The van der Waals surface area contributed by atoms with Crippen LogP contribution in [0.1, 0.15) is 35.4 Å². The topological polar surface area (TPSA) is 17.3 Å². The summed E-state index contributed by atoms with van der Waals surface area (Å²) in [5.74, 6) is 0. The lowest BCUT2D eigenvalue weighted by Crippen LogP contribution is -1.91. The van der Waals surface area contributed by atoms with E-state index in [1.807, 2.05) is 11.3 Å². The van der Waals surface area contributed by atoms with Gasteiger partial charge in [-0.2, -0.15) is 0 Å². The van der Waals surface area contributed by atoms with Gasteiger partial charge in [-0.25, -0.2) is 4.98 Å². The first kappa shape index (κ1) is 12.2. The highest BCUT2D eigenvalue weighted by molar-refractivity contribution is 7.17. The van der Waals surface area contributed by atoms with Crippen LogP contribution in [-0.4, -0.2) is 9.38 Å². The molecule has 0 fully saturated rings. The number of rotatable bonds is 1. The van der Waals surface area contributed by atoms with Crippen molar-refractivity contribution in [1.82, 2.24) is 9.38 Å². The predicted molar refractivity (Wildman–Crippen MR) is 84.5 cm³/mol. The second-order valence-electron chi connectivity index (χ2n) is 5.68. The summed E-state index contributed by atoms with van der Waals surface area (Å²) >= 11 is 1.88. The van der Waals surface area contributed by atoms with Gasteiger partial charge in [-0.05, 0) is 32.6 Å². The fourth-order valence-electron chi connectivity index (χ4n) is 3.01. The SMILES string of the molecule is Cc1ccc(-c2cn3c4c(sc3n2)CCCCC4)cc1. The van der Waals surface area contributed by atoms with Gasteiger partial charge in [-0.1, -0.05) is 36.2 Å². The Morgan fingerprint density at radius 2 is 1.85 bits per heavy atom. The van der Waals surface area contributed by atoms with Crippen LogP contribution in [0.15, 0.2) is 30.5 Å². The van der Waals surface area contributed by atoms with Crippen LogP contribution < -0.4 is 0 Å². The third-order valence-corrected chi connectivity index (χ3v) is 5.32. The summed E-state index contributed by atoms with van der Waals surface area (Å²) in [6, 6.07) is 8.65. The molecular formula is C17H18N2S. The molecule has 2 aromatic heterocycles. The third kappa shape index (κ3) is 1.97. The van der Waals surface area contributed by atoms with E-state index in [0.717, 1.165) is 10.7 Å². The Hall–Kier alpha value is -1.61.